The van der Waals surface area contributed by atoms with Gasteiger partial charge >= 0.3 is 0 Å². The zero-order valence-corrected chi connectivity index (χ0v) is 10.5. The first kappa shape index (κ1) is 11.4. The third kappa shape index (κ3) is 3.18. The molecule has 0 aliphatic heterocycles. The van der Waals surface area contributed by atoms with Crippen molar-refractivity contribution in [1.82, 2.24) is 14.9 Å². The van der Waals surface area contributed by atoms with E-state index in [1.807, 2.05) is 11.7 Å². The fourth-order valence-corrected chi connectivity index (χ4v) is 2.12. The van der Waals surface area contributed by atoms with Gasteiger partial charge in [-0.1, -0.05) is 13.8 Å². The topological polar surface area (TPSA) is 29.9 Å². The Kier molecular flexibility index (Phi) is 3.74. The standard InChI is InChI=1S/C12H17N3S/c1-10(2)14-5-11-3-4-15(7-11)8-12-6-13-9-16-12/h3-4,6-7,9-10,14H,5,8H2,1-2H3. The quantitative estimate of drug-likeness (QED) is 0.863. The zero-order valence-electron chi connectivity index (χ0n) is 9.68. The molecule has 0 radical (unpaired) electrons. The smallest absolute Gasteiger partial charge is 0.0794 e. The van der Waals surface area contributed by atoms with Crippen LogP contribution in [0.15, 0.2) is 30.2 Å². The molecule has 0 bridgehead atoms. The monoisotopic (exact) mass is 235 g/mol. The molecule has 86 valence electrons. The Bertz CT molecular complexity index is 417. The molecule has 2 rings (SSSR count). The van der Waals surface area contributed by atoms with Crippen LogP contribution >= 0.6 is 11.3 Å². The van der Waals surface area contributed by atoms with Crippen molar-refractivity contribution in [2.45, 2.75) is 33.0 Å². The van der Waals surface area contributed by atoms with Gasteiger partial charge in [-0.2, -0.15) is 0 Å². The number of nitrogens with zero attached hydrogens (tertiary/aromatic N) is 2. The lowest BCUT2D eigenvalue weighted by molar-refractivity contribution is 0.588. The Balaban J connectivity index is 1.92. The van der Waals surface area contributed by atoms with Gasteiger partial charge in [-0.25, -0.2) is 0 Å². The molecule has 0 atom stereocenters. The Labute approximate surface area is 100 Å². The van der Waals surface area contributed by atoms with Gasteiger partial charge in [-0.3, -0.25) is 4.98 Å². The molecule has 3 nitrogen and oxygen atoms in total. The van der Waals surface area contributed by atoms with E-state index in [2.05, 4.69) is 47.2 Å². The van der Waals surface area contributed by atoms with Gasteiger partial charge in [0.15, 0.2) is 0 Å². The summed E-state index contributed by atoms with van der Waals surface area (Å²) in [5.41, 5.74) is 3.21. The Morgan fingerprint density at radius 1 is 1.50 bits per heavy atom. The summed E-state index contributed by atoms with van der Waals surface area (Å²) in [5.74, 6) is 0. The maximum Gasteiger partial charge on any atom is 0.0794 e. The van der Waals surface area contributed by atoms with Gasteiger partial charge in [0, 0.05) is 36.1 Å². The molecule has 4 heteroatoms. The highest BCUT2D eigenvalue weighted by atomic mass is 32.1. The molecule has 0 aliphatic rings. The van der Waals surface area contributed by atoms with Gasteiger partial charge < -0.3 is 9.88 Å². The second-order valence-electron chi connectivity index (χ2n) is 4.20. The van der Waals surface area contributed by atoms with Crippen LogP contribution in [-0.2, 0) is 13.1 Å². The molecule has 0 spiro atoms. The van der Waals surface area contributed by atoms with Crippen LogP contribution in [-0.4, -0.2) is 15.6 Å². The summed E-state index contributed by atoms with van der Waals surface area (Å²) in [6, 6.07) is 2.70. The number of hydrogen-bond donors (Lipinski definition) is 1. The van der Waals surface area contributed by atoms with Crippen LogP contribution in [0, 0.1) is 0 Å². The summed E-state index contributed by atoms with van der Waals surface area (Å²) in [5, 5.41) is 3.41. The minimum Gasteiger partial charge on any atom is -0.349 e. The van der Waals surface area contributed by atoms with Crippen LogP contribution in [0.5, 0.6) is 0 Å². The normalized spacial score (nSPS) is 11.2. The first-order valence-corrected chi connectivity index (χ1v) is 6.37. The molecule has 0 fully saturated rings. The van der Waals surface area contributed by atoms with Crippen LogP contribution < -0.4 is 5.32 Å². The Hall–Kier alpha value is -1.13. The first-order valence-electron chi connectivity index (χ1n) is 5.49. The van der Waals surface area contributed by atoms with Crippen molar-refractivity contribution in [3.8, 4) is 0 Å². The average Bonchev–Trinajstić information content (AvgIpc) is 2.87. The summed E-state index contributed by atoms with van der Waals surface area (Å²) in [4.78, 5) is 5.37. The molecule has 2 heterocycles. The largest absolute Gasteiger partial charge is 0.349 e. The zero-order chi connectivity index (χ0) is 11.4. The second kappa shape index (κ2) is 5.27. The van der Waals surface area contributed by atoms with E-state index < -0.39 is 0 Å². The summed E-state index contributed by atoms with van der Waals surface area (Å²) in [6.07, 6.45) is 6.24. The van der Waals surface area contributed by atoms with Gasteiger partial charge in [0.05, 0.1) is 12.1 Å². The first-order chi connectivity index (χ1) is 7.74. The van der Waals surface area contributed by atoms with E-state index in [9.17, 15) is 0 Å². The van der Waals surface area contributed by atoms with Gasteiger partial charge in [-0.15, -0.1) is 11.3 Å². The van der Waals surface area contributed by atoms with Crippen LogP contribution in [0.3, 0.4) is 0 Å². The van der Waals surface area contributed by atoms with Gasteiger partial charge in [0.1, 0.15) is 0 Å². The lowest BCUT2D eigenvalue weighted by atomic mass is 10.3. The lowest BCUT2D eigenvalue weighted by Crippen LogP contribution is -2.21. The van der Waals surface area contributed by atoms with Crippen molar-refractivity contribution in [1.29, 1.82) is 0 Å². The van der Waals surface area contributed by atoms with Crippen LogP contribution in [0.1, 0.15) is 24.3 Å². The highest BCUT2D eigenvalue weighted by Crippen LogP contribution is 2.09. The molecule has 0 aliphatic carbocycles. The van der Waals surface area contributed by atoms with Crippen molar-refractivity contribution in [3.63, 3.8) is 0 Å². The third-order valence-corrected chi connectivity index (χ3v) is 3.11. The van der Waals surface area contributed by atoms with Crippen molar-refractivity contribution >= 4 is 11.3 Å². The molecule has 0 aromatic carbocycles. The van der Waals surface area contributed by atoms with Crippen molar-refractivity contribution in [3.05, 3.63) is 40.6 Å². The average molecular weight is 235 g/mol. The molecule has 1 N–H and O–H groups in total. The fraction of sp³-hybridized carbons (Fsp3) is 0.417. The molecule has 16 heavy (non-hydrogen) atoms. The lowest BCUT2D eigenvalue weighted by Gasteiger charge is -2.05. The number of aromatic nitrogens is 2. The van der Waals surface area contributed by atoms with E-state index in [1.165, 1.54) is 10.4 Å². The van der Waals surface area contributed by atoms with E-state index >= 15 is 0 Å². The molecule has 0 amide bonds. The fourth-order valence-electron chi connectivity index (χ4n) is 1.52. The molecule has 0 saturated carbocycles. The minimum absolute atomic E-state index is 0.532. The molecule has 2 aromatic rings. The summed E-state index contributed by atoms with van der Waals surface area (Å²) in [6.45, 7) is 6.18. The molecule has 2 aromatic heterocycles. The van der Waals surface area contributed by atoms with Crippen molar-refractivity contribution < 1.29 is 0 Å². The Morgan fingerprint density at radius 2 is 2.38 bits per heavy atom. The van der Waals surface area contributed by atoms with E-state index in [0.717, 1.165) is 13.1 Å². The predicted octanol–water partition coefficient (Wildman–Crippen LogP) is 2.49. The van der Waals surface area contributed by atoms with Gasteiger partial charge in [0.2, 0.25) is 0 Å². The van der Waals surface area contributed by atoms with Crippen molar-refractivity contribution in [2.24, 2.45) is 0 Å². The van der Waals surface area contributed by atoms with Crippen LogP contribution in [0.2, 0.25) is 0 Å². The van der Waals surface area contributed by atoms with E-state index in [-0.39, 0.29) is 0 Å². The third-order valence-electron chi connectivity index (χ3n) is 2.35. The maximum absolute atomic E-state index is 4.08. The predicted molar refractivity (Wildman–Crippen MR) is 67.6 cm³/mol. The number of thiazole rings is 1. The summed E-state index contributed by atoms with van der Waals surface area (Å²) >= 11 is 1.70. The highest BCUT2D eigenvalue weighted by Gasteiger charge is 2.00. The van der Waals surface area contributed by atoms with E-state index in [1.54, 1.807) is 11.3 Å². The summed E-state index contributed by atoms with van der Waals surface area (Å²) < 4.78 is 2.20. The number of nitrogens with one attached hydrogen (secondary N) is 1. The van der Waals surface area contributed by atoms with Gasteiger partial charge in [0.25, 0.3) is 0 Å². The summed E-state index contributed by atoms with van der Waals surface area (Å²) in [7, 11) is 0. The number of rotatable bonds is 5. The number of hydrogen-bond acceptors (Lipinski definition) is 3. The van der Waals surface area contributed by atoms with E-state index in [0.29, 0.717) is 6.04 Å². The minimum atomic E-state index is 0.532. The molecule has 0 saturated heterocycles. The maximum atomic E-state index is 4.08. The molecular formula is C12H17N3S. The van der Waals surface area contributed by atoms with E-state index in [4.69, 9.17) is 0 Å². The van der Waals surface area contributed by atoms with Gasteiger partial charge in [-0.05, 0) is 11.6 Å². The van der Waals surface area contributed by atoms with Crippen molar-refractivity contribution in [2.75, 3.05) is 0 Å². The Morgan fingerprint density at radius 3 is 3.06 bits per heavy atom. The second-order valence-corrected chi connectivity index (χ2v) is 5.17. The van der Waals surface area contributed by atoms with Crippen LogP contribution in [0.25, 0.3) is 0 Å². The molecular weight excluding hydrogens is 218 g/mol. The highest BCUT2D eigenvalue weighted by molar-refractivity contribution is 7.09. The SMILES string of the molecule is CC(C)NCc1ccn(Cc2cncs2)c1. The van der Waals surface area contributed by atoms with Crippen LogP contribution in [0.4, 0.5) is 0 Å². The molecule has 0 unspecified atom stereocenters.